The van der Waals surface area contributed by atoms with Gasteiger partial charge in [-0.3, -0.25) is 4.90 Å². The summed E-state index contributed by atoms with van der Waals surface area (Å²) in [5.41, 5.74) is -0.627. The summed E-state index contributed by atoms with van der Waals surface area (Å²) in [7, 11) is 0. The minimum absolute atomic E-state index is 0.313. The highest BCUT2D eigenvalue weighted by atomic mass is 19.4. The standard InChI is InChI=1S/C15H20F4N2.C4H6O6/c1-10(2)20-13-5-6-21(9-13)8-11-3-4-12(7-14(11)16)15(17,18)19;5-1(3(7)8)2(6)4(9)10/h3-4,7,10,13,20H,5-6,8-9H2,1-2H3;1-2,5-6H,(H,7,8)(H,9,10). The van der Waals surface area contributed by atoms with E-state index in [1.165, 1.54) is 6.07 Å². The van der Waals surface area contributed by atoms with E-state index in [1.54, 1.807) is 0 Å². The third-order valence-corrected chi connectivity index (χ3v) is 4.42. The number of hydrogen-bond acceptors (Lipinski definition) is 6. The summed E-state index contributed by atoms with van der Waals surface area (Å²) in [4.78, 5) is 21.6. The minimum atomic E-state index is -4.50. The smallest absolute Gasteiger partial charge is 0.416 e. The number of hydrogen-bond donors (Lipinski definition) is 5. The van der Waals surface area contributed by atoms with Gasteiger partial charge in [0.2, 0.25) is 0 Å². The molecular formula is C19H26F4N2O6. The number of nitrogens with zero attached hydrogens (tertiary/aromatic N) is 1. The molecule has 31 heavy (non-hydrogen) atoms. The van der Waals surface area contributed by atoms with Crippen LogP contribution < -0.4 is 5.32 Å². The Morgan fingerprint density at radius 2 is 1.71 bits per heavy atom. The van der Waals surface area contributed by atoms with Gasteiger partial charge in [0.15, 0.2) is 12.2 Å². The van der Waals surface area contributed by atoms with Gasteiger partial charge < -0.3 is 25.7 Å². The summed E-state index contributed by atoms with van der Waals surface area (Å²) in [6, 6.07) is 3.51. The van der Waals surface area contributed by atoms with E-state index in [-0.39, 0.29) is 0 Å². The summed E-state index contributed by atoms with van der Waals surface area (Å²) in [5.74, 6) is -4.32. The third-order valence-electron chi connectivity index (χ3n) is 4.42. The Morgan fingerprint density at radius 1 is 1.16 bits per heavy atom. The maximum absolute atomic E-state index is 13.8. The second kappa shape index (κ2) is 11.4. The molecule has 0 aromatic heterocycles. The van der Waals surface area contributed by atoms with Crippen LogP contribution in [0.4, 0.5) is 17.6 Å². The molecule has 0 amide bonds. The van der Waals surface area contributed by atoms with E-state index in [0.29, 0.717) is 30.3 Å². The van der Waals surface area contributed by atoms with Crippen LogP contribution >= 0.6 is 0 Å². The van der Waals surface area contributed by atoms with Crippen LogP contribution in [-0.4, -0.2) is 74.6 Å². The number of likely N-dealkylation sites (tertiary alicyclic amines) is 1. The predicted octanol–water partition coefficient (Wildman–Crippen LogP) is 1.29. The van der Waals surface area contributed by atoms with Gasteiger partial charge in [-0.2, -0.15) is 13.2 Å². The van der Waals surface area contributed by atoms with E-state index < -0.39 is 41.7 Å². The largest absolute Gasteiger partial charge is 0.479 e. The van der Waals surface area contributed by atoms with Gasteiger partial charge in [-0.15, -0.1) is 0 Å². The fraction of sp³-hybridized carbons (Fsp3) is 0.579. The van der Waals surface area contributed by atoms with Crippen LogP contribution in [0.15, 0.2) is 18.2 Å². The maximum atomic E-state index is 13.8. The summed E-state index contributed by atoms with van der Waals surface area (Å²) < 4.78 is 51.3. The monoisotopic (exact) mass is 454 g/mol. The number of halogens is 4. The molecular weight excluding hydrogens is 428 g/mol. The number of carboxylic acid groups (broad SMARTS) is 2. The molecule has 0 saturated carbocycles. The highest BCUT2D eigenvalue weighted by Crippen LogP contribution is 2.30. The first kappa shape index (κ1) is 26.8. The first-order valence-corrected chi connectivity index (χ1v) is 9.38. The molecule has 0 aliphatic carbocycles. The molecule has 3 atom stereocenters. The topological polar surface area (TPSA) is 130 Å². The first-order valence-electron chi connectivity index (χ1n) is 9.38. The summed E-state index contributed by atoms with van der Waals surface area (Å²) in [6.07, 6.45) is -8.06. The number of carboxylic acids is 2. The van der Waals surface area contributed by atoms with Gasteiger partial charge in [-0.05, 0) is 18.6 Å². The molecule has 176 valence electrons. The zero-order valence-electron chi connectivity index (χ0n) is 16.9. The van der Waals surface area contributed by atoms with Gasteiger partial charge >= 0.3 is 18.1 Å². The highest BCUT2D eigenvalue weighted by molar-refractivity contribution is 5.83. The SMILES string of the molecule is CC(C)NC1CCN(Cc2ccc(C(F)(F)F)cc2F)C1.O=C(O)C(O)C(O)C(=O)O. The van der Waals surface area contributed by atoms with Crippen molar-refractivity contribution in [3.05, 3.63) is 35.1 Å². The average Bonchev–Trinajstić information content (AvgIpc) is 3.07. The highest BCUT2D eigenvalue weighted by Gasteiger charge is 2.32. The average molecular weight is 454 g/mol. The molecule has 2 rings (SSSR count). The molecule has 0 bridgehead atoms. The molecule has 1 saturated heterocycles. The van der Waals surface area contributed by atoms with Gasteiger partial charge in [0, 0.05) is 37.3 Å². The van der Waals surface area contributed by atoms with Crippen molar-refractivity contribution in [2.24, 2.45) is 0 Å². The van der Waals surface area contributed by atoms with Crippen molar-refractivity contribution in [3.63, 3.8) is 0 Å². The van der Waals surface area contributed by atoms with Crippen molar-refractivity contribution < 1.29 is 47.6 Å². The molecule has 1 aromatic carbocycles. The van der Waals surface area contributed by atoms with E-state index in [2.05, 4.69) is 24.1 Å². The first-order chi connectivity index (χ1) is 14.2. The number of carbonyl (C=O) groups is 2. The van der Waals surface area contributed by atoms with Crippen molar-refractivity contribution in [2.45, 2.75) is 57.3 Å². The minimum Gasteiger partial charge on any atom is -0.479 e. The molecule has 0 spiro atoms. The van der Waals surface area contributed by atoms with Crippen LogP contribution in [0.25, 0.3) is 0 Å². The number of rotatable bonds is 7. The Morgan fingerprint density at radius 3 is 2.13 bits per heavy atom. The van der Waals surface area contributed by atoms with E-state index in [1.807, 2.05) is 0 Å². The van der Waals surface area contributed by atoms with Gasteiger partial charge in [-0.1, -0.05) is 19.9 Å². The van der Waals surface area contributed by atoms with Gasteiger partial charge in [0.05, 0.1) is 5.56 Å². The van der Waals surface area contributed by atoms with Gasteiger partial charge in [0.25, 0.3) is 0 Å². The van der Waals surface area contributed by atoms with Gasteiger partial charge in [-0.25, -0.2) is 14.0 Å². The number of nitrogens with one attached hydrogen (secondary N) is 1. The lowest BCUT2D eigenvalue weighted by molar-refractivity contribution is -0.165. The lowest BCUT2D eigenvalue weighted by atomic mass is 10.1. The third kappa shape index (κ3) is 8.77. The fourth-order valence-electron chi connectivity index (χ4n) is 2.95. The second-order valence-electron chi connectivity index (χ2n) is 7.41. The number of benzene rings is 1. The zero-order valence-corrected chi connectivity index (χ0v) is 16.9. The lowest BCUT2D eigenvalue weighted by Crippen LogP contribution is -2.39. The Balaban J connectivity index is 0.000000407. The molecule has 8 nitrogen and oxygen atoms in total. The summed E-state index contributed by atoms with van der Waals surface area (Å²) in [6.45, 7) is 6.10. The van der Waals surface area contributed by atoms with E-state index in [9.17, 15) is 27.2 Å². The van der Waals surface area contributed by atoms with Crippen molar-refractivity contribution in [3.8, 4) is 0 Å². The number of alkyl halides is 3. The predicted molar refractivity (Wildman–Crippen MR) is 101 cm³/mol. The molecule has 1 aliphatic heterocycles. The molecule has 1 aromatic rings. The molecule has 12 heteroatoms. The van der Waals surface area contributed by atoms with Crippen molar-refractivity contribution in [2.75, 3.05) is 13.1 Å². The van der Waals surface area contributed by atoms with E-state index in [4.69, 9.17) is 20.4 Å². The molecule has 5 N–H and O–H groups in total. The van der Waals surface area contributed by atoms with Crippen LogP contribution in [0.1, 0.15) is 31.4 Å². The Hall–Kier alpha value is -2.28. The Labute approximate surface area is 176 Å². The maximum Gasteiger partial charge on any atom is 0.416 e. The molecule has 0 radical (unpaired) electrons. The summed E-state index contributed by atoms with van der Waals surface area (Å²) >= 11 is 0. The zero-order chi connectivity index (χ0) is 23.9. The van der Waals surface area contributed by atoms with Crippen LogP contribution in [0.2, 0.25) is 0 Å². The summed E-state index contributed by atoms with van der Waals surface area (Å²) in [5, 5.41) is 35.9. The molecule has 1 aliphatic rings. The van der Waals surface area contributed by atoms with Crippen LogP contribution in [0.3, 0.4) is 0 Å². The number of aliphatic hydroxyl groups excluding tert-OH is 2. The fourth-order valence-corrected chi connectivity index (χ4v) is 2.95. The quantitative estimate of drug-likeness (QED) is 0.390. The van der Waals surface area contributed by atoms with Crippen molar-refractivity contribution in [1.29, 1.82) is 0 Å². The second-order valence-corrected chi connectivity index (χ2v) is 7.41. The lowest BCUT2D eigenvalue weighted by Gasteiger charge is -2.19. The van der Waals surface area contributed by atoms with Crippen LogP contribution in [0, 0.1) is 5.82 Å². The van der Waals surface area contributed by atoms with Gasteiger partial charge in [0.1, 0.15) is 5.82 Å². The van der Waals surface area contributed by atoms with Crippen molar-refractivity contribution in [1.82, 2.24) is 10.2 Å². The molecule has 1 heterocycles. The van der Waals surface area contributed by atoms with E-state index >= 15 is 0 Å². The van der Waals surface area contributed by atoms with Crippen molar-refractivity contribution >= 4 is 11.9 Å². The number of aliphatic carboxylic acids is 2. The molecule has 1 fully saturated rings. The molecule has 3 unspecified atom stereocenters. The normalized spacial score (nSPS) is 18.9. The number of aliphatic hydroxyl groups is 2. The van der Waals surface area contributed by atoms with Crippen LogP contribution in [-0.2, 0) is 22.3 Å². The van der Waals surface area contributed by atoms with E-state index in [0.717, 1.165) is 25.6 Å². The Kier molecular flexibility index (Phi) is 9.81. The Bertz CT molecular complexity index is 741. The van der Waals surface area contributed by atoms with Crippen LogP contribution in [0.5, 0.6) is 0 Å².